The van der Waals surface area contributed by atoms with E-state index in [4.69, 9.17) is 4.52 Å². The van der Waals surface area contributed by atoms with Crippen LogP contribution >= 0.6 is 12.4 Å². The maximum atomic E-state index is 10.5. The van der Waals surface area contributed by atoms with Gasteiger partial charge in [-0.3, -0.25) is 14.8 Å². The first-order chi connectivity index (χ1) is 9.08. The molecule has 9 nitrogen and oxygen atoms in total. The Balaban J connectivity index is 0.00000200. The quantitative estimate of drug-likeness (QED) is 0.620. The molecular formula is C10H15ClN6O3. The van der Waals surface area contributed by atoms with Crippen molar-refractivity contribution in [3.05, 3.63) is 34.2 Å². The molecule has 1 atom stereocenters. The lowest BCUT2D eigenvalue weighted by Gasteiger charge is -2.04. The Hall–Kier alpha value is -2.00. The number of hydrogen-bond donors (Lipinski definition) is 1. The van der Waals surface area contributed by atoms with Crippen molar-refractivity contribution in [2.45, 2.75) is 25.9 Å². The fourth-order valence-corrected chi connectivity index (χ4v) is 1.49. The van der Waals surface area contributed by atoms with Crippen LogP contribution in [0.2, 0.25) is 0 Å². The van der Waals surface area contributed by atoms with Crippen LogP contribution in [0.1, 0.15) is 18.6 Å². The Bertz CT molecular complexity index is 569. The first-order valence-electron chi connectivity index (χ1n) is 5.74. The number of halogens is 1. The van der Waals surface area contributed by atoms with Crippen LogP contribution in [0.25, 0.3) is 0 Å². The van der Waals surface area contributed by atoms with Crippen molar-refractivity contribution in [3.63, 3.8) is 0 Å². The average molecular weight is 303 g/mol. The van der Waals surface area contributed by atoms with Crippen LogP contribution in [0.5, 0.6) is 0 Å². The molecule has 20 heavy (non-hydrogen) atoms. The number of nitrogens with zero attached hydrogens (tertiary/aromatic N) is 5. The van der Waals surface area contributed by atoms with Crippen LogP contribution in [0, 0.1) is 10.1 Å². The maximum Gasteiger partial charge on any atom is 0.307 e. The molecule has 2 heterocycles. The van der Waals surface area contributed by atoms with Crippen LogP contribution < -0.4 is 5.32 Å². The van der Waals surface area contributed by atoms with E-state index in [1.54, 1.807) is 0 Å². The van der Waals surface area contributed by atoms with Crippen LogP contribution in [-0.4, -0.2) is 37.9 Å². The highest BCUT2D eigenvalue weighted by Crippen LogP contribution is 2.09. The largest absolute Gasteiger partial charge is 0.337 e. The first-order valence-corrected chi connectivity index (χ1v) is 5.74. The summed E-state index contributed by atoms with van der Waals surface area (Å²) in [5.74, 6) is 0.967. The molecule has 0 bridgehead atoms. The molecule has 0 aliphatic carbocycles. The van der Waals surface area contributed by atoms with E-state index in [-0.39, 0.29) is 30.7 Å². The molecule has 0 radical (unpaired) electrons. The first kappa shape index (κ1) is 16.1. The number of rotatable bonds is 6. The molecule has 1 unspecified atom stereocenters. The zero-order valence-corrected chi connectivity index (χ0v) is 11.8. The zero-order chi connectivity index (χ0) is 13.8. The van der Waals surface area contributed by atoms with E-state index in [1.807, 2.05) is 14.0 Å². The van der Waals surface area contributed by atoms with E-state index >= 15 is 0 Å². The summed E-state index contributed by atoms with van der Waals surface area (Å²) in [7, 11) is 1.86. The summed E-state index contributed by atoms with van der Waals surface area (Å²) in [6, 6.07) is 0.247. The molecule has 2 rings (SSSR count). The fourth-order valence-electron chi connectivity index (χ4n) is 1.49. The number of nitro groups is 1. The molecule has 0 amide bonds. The van der Waals surface area contributed by atoms with E-state index in [2.05, 4.69) is 20.6 Å². The predicted octanol–water partition coefficient (Wildman–Crippen LogP) is 0.795. The Morgan fingerprint density at radius 3 is 2.95 bits per heavy atom. The number of aromatic nitrogens is 4. The third-order valence-electron chi connectivity index (χ3n) is 2.62. The minimum Gasteiger partial charge on any atom is -0.337 e. The van der Waals surface area contributed by atoms with Crippen molar-refractivity contribution >= 4 is 18.1 Å². The van der Waals surface area contributed by atoms with Gasteiger partial charge in [-0.25, -0.2) is 0 Å². The molecule has 0 aliphatic rings. The number of hydrogen-bond acceptors (Lipinski definition) is 7. The minimum absolute atomic E-state index is 0. The van der Waals surface area contributed by atoms with Gasteiger partial charge in [-0.15, -0.1) is 12.4 Å². The third-order valence-corrected chi connectivity index (χ3v) is 2.62. The van der Waals surface area contributed by atoms with Crippen molar-refractivity contribution < 1.29 is 9.45 Å². The lowest BCUT2D eigenvalue weighted by Crippen LogP contribution is -2.24. The summed E-state index contributed by atoms with van der Waals surface area (Å²) in [6.45, 7) is 2.22. The minimum atomic E-state index is -0.503. The Morgan fingerprint density at radius 2 is 2.35 bits per heavy atom. The van der Waals surface area contributed by atoms with Crippen molar-refractivity contribution in [1.29, 1.82) is 0 Å². The highest BCUT2D eigenvalue weighted by molar-refractivity contribution is 5.85. The fraction of sp³-hybridized carbons (Fsp3) is 0.500. The van der Waals surface area contributed by atoms with Crippen molar-refractivity contribution in [1.82, 2.24) is 25.2 Å². The second kappa shape index (κ2) is 6.96. The van der Waals surface area contributed by atoms with E-state index in [0.29, 0.717) is 18.1 Å². The molecule has 2 aromatic heterocycles. The van der Waals surface area contributed by atoms with Gasteiger partial charge in [0, 0.05) is 12.5 Å². The van der Waals surface area contributed by atoms with Gasteiger partial charge in [-0.1, -0.05) is 5.16 Å². The maximum absolute atomic E-state index is 10.5. The van der Waals surface area contributed by atoms with Gasteiger partial charge in [0.15, 0.2) is 5.82 Å². The van der Waals surface area contributed by atoms with Crippen LogP contribution in [0.15, 0.2) is 16.9 Å². The molecule has 0 fully saturated rings. The van der Waals surface area contributed by atoms with Gasteiger partial charge in [0.25, 0.3) is 0 Å². The van der Waals surface area contributed by atoms with Crippen molar-refractivity contribution in [2.24, 2.45) is 0 Å². The summed E-state index contributed by atoms with van der Waals surface area (Å²) in [5.41, 5.74) is -0.0662. The molecule has 0 aliphatic heterocycles. The van der Waals surface area contributed by atoms with Gasteiger partial charge in [0.2, 0.25) is 5.89 Å². The third kappa shape index (κ3) is 4.00. The second-order valence-corrected chi connectivity index (χ2v) is 4.15. The molecule has 2 aromatic rings. The lowest BCUT2D eigenvalue weighted by atomic mass is 10.2. The standard InChI is InChI=1S/C10H14N6O3.ClH/c1-7(11-2)3-9-13-10(19-14-9)6-15-5-8(4-12-15)16(17)18;/h4-5,7,11H,3,6H2,1-2H3;1H. The monoisotopic (exact) mass is 302 g/mol. The molecule has 110 valence electrons. The summed E-state index contributed by atoms with van der Waals surface area (Å²) in [6.07, 6.45) is 3.15. The van der Waals surface area contributed by atoms with E-state index < -0.39 is 4.92 Å². The van der Waals surface area contributed by atoms with E-state index in [0.717, 1.165) is 0 Å². The van der Waals surface area contributed by atoms with Gasteiger partial charge in [0.1, 0.15) is 18.9 Å². The molecule has 0 aromatic carbocycles. The summed E-state index contributed by atoms with van der Waals surface area (Å²) in [4.78, 5) is 14.2. The van der Waals surface area contributed by atoms with Gasteiger partial charge in [-0.05, 0) is 14.0 Å². The van der Waals surface area contributed by atoms with Crippen molar-refractivity contribution in [2.75, 3.05) is 7.05 Å². The molecular weight excluding hydrogens is 288 g/mol. The Morgan fingerprint density at radius 1 is 1.60 bits per heavy atom. The number of nitrogens with one attached hydrogen (secondary N) is 1. The van der Waals surface area contributed by atoms with Crippen LogP contribution in [0.3, 0.4) is 0 Å². The average Bonchev–Trinajstić information content (AvgIpc) is 2.99. The molecule has 0 saturated heterocycles. The van der Waals surface area contributed by atoms with Gasteiger partial charge < -0.3 is 9.84 Å². The highest BCUT2D eigenvalue weighted by Gasteiger charge is 2.13. The highest BCUT2D eigenvalue weighted by atomic mass is 35.5. The van der Waals surface area contributed by atoms with E-state index in [1.165, 1.54) is 17.1 Å². The molecule has 10 heteroatoms. The normalized spacial score (nSPS) is 11.9. The Kier molecular flexibility index (Phi) is 5.59. The number of likely N-dealkylation sites (N-methyl/N-ethyl adjacent to an activating group) is 1. The SMILES string of the molecule is CNC(C)Cc1noc(Cn2cc([N+](=O)[O-])cn2)n1.Cl. The van der Waals surface area contributed by atoms with Crippen molar-refractivity contribution in [3.8, 4) is 0 Å². The van der Waals surface area contributed by atoms with Gasteiger partial charge in [0.05, 0.1) is 4.92 Å². The summed E-state index contributed by atoms with van der Waals surface area (Å²) >= 11 is 0. The molecule has 0 spiro atoms. The van der Waals surface area contributed by atoms with Crippen LogP contribution in [0.4, 0.5) is 5.69 Å². The second-order valence-electron chi connectivity index (χ2n) is 4.15. The molecule has 0 saturated carbocycles. The van der Waals surface area contributed by atoms with Gasteiger partial charge >= 0.3 is 5.69 Å². The zero-order valence-electron chi connectivity index (χ0n) is 11.0. The summed E-state index contributed by atoms with van der Waals surface area (Å²) < 4.78 is 6.45. The topological polar surface area (TPSA) is 112 Å². The summed E-state index contributed by atoms with van der Waals surface area (Å²) in [5, 5.41) is 21.3. The smallest absolute Gasteiger partial charge is 0.307 e. The van der Waals surface area contributed by atoms with E-state index in [9.17, 15) is 10.1 Å². The predicted molar refractivity (Wildman–Crippen MR) is 71.8 cm³/mol. The molecule has 1 N–H and O–H groups in total. The van der Waals surface area contributed by atoms with Crippen LogP contribution in [-0.2, 0) is 13.0 Å². The van der Waals surface area contributed by atoms with Gasteiger partial charge in [-0.2, -0.15) is 10.1 Å². The Labute approximate surface area is 120 Å². The lowest BCUT2D eigenvalue weighted by molar-refractivity contribution is -0.385.